The smallest absolute Gasteiger partial charge is 0.244 e. The Bertz CT molecular complexity index is 439. The predicted molar refractivity (Wildman–Crippen MR) is 74.5 cm³/mol. The molecule has 0 aliphatic carbocycles. The summed E-state index contributed by atoms with van der Waals surface area (Å²) in [6, 6.07) is 5.42. The summed E-state index contributed by atoms with van der Waals surface area (Å²) < 4.78 is 0. The van der Waals surface area contributed by atoms with Crippen LogP contribution in [0.2, 0.25) is 5.02 Å². The Balaban J connectivity index is 2.63. The van der Waals surface area contributed by atoms with Crippen LogP contribution in [0.15, 0.2) is 24.3 Å². The summed E-state index contributed by atoms with van der Waals surface area (Å²) in [6.07, 6.45) is 3.84. The van der Waals surface area contributed by atoms with Gasteiger partial charge in [-0.1, -0.05) is 30.7 Å². The zero-order valence-corrected chi connectivity index (χ0v) is 11.4. The van der Waals surface area contributed by atoms with Crippen LogP contribution in [0, 0.1) is 6.92 Å². The lowest BCUT2D eigenvalue weighted by atomic mass is 10.1. The molecule has 1 aromatic carbocycles. The van der Waals surface area contributed by atoms with Crippen LogP contribution in [0.3, 0.4) is 0 Å². The van der Waals surface area contributed by atoms with Crippen molar-refractivity contribution in [2.24, 2.45) is 0 Å². The molecule has 2 N–H and O–H groups in total. The van der Waals surface area contributed by atoms with Crippen molar-refractivity contribution in [3.8, 4) is 0 Å². The molecule has 0 saturated carbocycles. The van der Waals surface area contributed by atoms with E-state index in [9.17, 15) is 4.79 Å². The van der Waals surface area contributed by atoms with Gasteiger partial charge in [0, 0.05) is 11.1 Å². The minimum atomic E-state index is -0.215. The molecule has 1 aromatic rings. The number of carbonyl (C=O) groups excluding carboxylic acids is 1. The Morgan fingerprint density at radius 3 is 2.83 bits per heavy atom. The van der Waals surface area contributed by atoms with Crippen molar-refractivity contribution in [3.05, 3.63) is 40.4 Å². The van der Waals surface area contributed by atoms with Crippen LogP contribution in [0.5, 0.6) is 0 Å². The highest BCUT2D eigenvalue weighted by Gasteiger charge is 2.05. The van der Waals surface area contributed by atoms with Gasteiger partial charge in [0.25, 0.3) is 0 Å². The quantitative estimate of drug-likeness (QED) is 0.806. The van der Waals surface area contributed by atoms with E-state index >= 15 is 0 Å². The van der Waals surface area contributed by atoms with Crippen LogP contribution in [0.25, 0.3) is 6.08 Å². The zero-order chi connectivity index (χ0) is 13.5. The second-order valence-corrected chi connectivity index (χ2v) is 4.55. The third kappa shape index (κ3) is 4.51. The van der Waals surface area contributed by atoms with E-state index in [1.54, 1.807) is 6.08 Å². The summed E-state index contributed by atoms with van der Waals surface area (Å²) in [5, 5.41) is 12.4. The van der Waals surface area contributed by atoms with E-state index in [2.05, 4.69) is 5.32 Å². The van der Waals surface area contributed by atoms with Crippen LogP contribution in [0.4, 0.5) is 0 Å². The number of hydrogen-bond acceptors (Lipinski definition) is 2. The first-order valence-electron chi connectivity index (χ1n) is 5.92. The summed E-state index contributed by atoms with van der Waals surface area (Å²) in [7, 11) is 0. The first kappa shape index (κ1) is 14.7. The maximum Gasteiger partial charge on any atom is 0.244 e. The fraction of sp³-hybridized carbons (Fsp3) is 0.357. The van der Waals surface area contributed by atoms with E-state index < -0.39 is 0 Å². The number of benzene rings is 1. The molecule has 1 atom stereocenters. The molecule has 4 heteroatoms. The molecule has 0 aromatic heterocycles. The molecule has 18 heavy (non-hydrogen) atoms. The van der Waals surface area contributed by atoms with Crippen molar-refractivity contribution in [1.82, 2.24) is 5.32 Å². The summed E-state index contributed by atoms with van der Waals surface area (Å²) in [5.74, 6) is -0.215. The third-order valence-electron chi connectivity index (χ3n) is 2.68. The Kier molecular flexibility index (Phi) is 5.89. The third-order valence-corrected chi connectivity index (χ3v) is 3.09. The average Bonchev–Trinajstić information content (AvgIpc) is 2.37. The van der Waals surface area contributed by atoms with Gasteiger partial charge in [0.2, 0.25) is 5.91 Å². The van der Waals surface area contributed by atoms with Gasteiger partial charge in [0.15, 0.2) is 0 Å². The van der Waals surface area contributed by atoms with Crippen LogP contribution >= 0.6 is 11.6 Å². The van der Waals surface area contributed by atoms with Crippen molar-refractivity contribution in [3.63, 3.8) is 0 Å². The van der Waals surface area contributed by atoms with Crippen LogP contribution < -0.4 is 5.32 Å². The fourth-order valence-electron chi connectivity index (χ4n) is 1.41. The minimum Gasteiger partial charge on any atom is -0.394 e. The van der Waals surface area contributed by atoms with Crippen LogP contribution in [0.1, 0.15) is 24.5 Å². The standard InChI is InChI=1S/C14H18ClNO2/c1-3-12(9-17)16-14(18)7-6-11-5-4-10(2)13(15)8-11/h4-8,12,17H,3,9H2,1-2H3,(H,16,18)/b7-6+/t12-/m0/s1. The molecule has 1 amide bonds. The number of amides is 1. The van der Waals surface area contributed by atoms with Crippen LogP contribution in [-0.2, 0) is 4.79 Å². The van der Waals surface area contributed by atoms with Crippen molar-refractivity contribution < 1.29 is 9.90 Å². The molecule has 98 valence electrons. The van der Waals surface area contributed by atoms with Gasteiger partial charge in [-0.05, 0) is 36.6 Å². The number of aliphatic hydroxyl groups is 1. The summed E-state index contributed by atoms with van der Waals surface area (Å²) in [5.41, 5.74) is 1.88. The lowest BCUT2D eigenvalue weighted by Gasteiger charge is -2.11. The van der Waals surface area contributed by atoms with E-state index in [4.69, 9.17) is 16.7 Å². The topological polar surface area (TPSA) is 49.3 Å². The van der Waals surface area contributed by atoms with E-state index in [1.165, 1.54) is 6.08 Å². The first-order valence-corrected chi connectivity index (χ1v) is 6.30. The number of hydrogen-bond donors (Lipinski definition) is 2. The van der Waals surface area contributed by atoms with Gasteiger partial charge in [-0.3, -0.25) is 4.79 Å². The highest BCUT2D eigenvalue weighted by molar-refractivity contribution is 6.31. The van der Waals surface area contributed by atoms with E-state index in [1.807, 2.05) is 32.0 Å². The number of rotatable bonds is 5. The van der Waals surface area contributed by atoms with Crippen molar-refractivity contribution in [1.29, 1.82) is 0 Å². The normalized spacial score (nSPS) is 12.7. The van der Waals surface area contributed by atoms with Gasteiger partial charge >= 0.3 is 0 Å². The second kappa shape index (κ2) is 7.19. The Morgan fingerprint density at radius 2 is 2.28 bits per heavy atom. The number of aliphatic hydroxyl groups excluding tert-OH is 1. The Hall–Kier alpha value is -1.32. The molecule has 0 heterocycles. The molecule has 0 fully saturated rings. The van der Waals surface area contributed by atoms with Crippen molar-refractivity contribution >= 4 is 23.6 Å². The Labute approximate surface area is 112 Å². The molecular weight excluding hydrogens is 250 g/mol. The summed E-state index contributed by atoms with van der Waals surface area (Å²) in [4.78, 5) is 11.6. The SMILES string of the molecule is CC[C@@H](CO)NC(=O)/C=C/c1ccc(C)c(Cl)c1. The fourth-order valence-corrected chi connectivity index (χ4v) is 1.60. The van der Waals surface area contributed by atoms with E-state index in [0.717, 1.165) is 11.1 Å². The van der Waals surface area contributed by atoms with Gasteiger partial charge in [0.05, 0.1) is 12.6 Å². The van der Waals surface area contributed by atoms with Gasteiger partial charge in [-0.25, -0.2) is 0 Å². The number of carbonyl (C=O) groups is 1. The molecule has 0 saturated heterocycles. The molecule has 1 rings (SSSR count). The highest BCUT2D eigenvalue weighted by atomic mass is 35.5. The van der Waals surface area contributed by atoms with Crippen LogP contribution in [-0.4, -0.2) is 23.7 Å². The second-order valence-electron chi connectivity index (χ2n) is 4.14. The van der Waals surface area contributed by atoms with E-state index in [-0.39, 0.29) is 18.6 Å². The lowest BCUT2D eigenvalue weighted by Crippen LogP contribution is -2.35. The van der Waals surface area contributed by atoms with E-state index in [0.29, 0.717) is 11.4 Å². The summed E-state index contributed by atoms with van der Waals surface area (Å²) in [6.45, 7) is 3.78. The van der Waals surface area contributed by atoms with Gasteiger partial charge < -0.3 is 10.4 Å². The molecule has 0 spiro atoms. The van der Waals surface area contributed by atoms with Gasteiger partial charge in [0.1, 0.15) is 0 Å². The predicted octanol–water partition coefficient (Wildman–Crippen LogP) is 2.55. The number of halogens is 1. The number of aryl methyl sites for hydroxylation is 1. The first-order chi connectivity index (χ1) is 8.56. The number of nitrogens with one attached hydrogen (secondary N) is 1. The largest absolute Gasteiger partial charge is 0.394 e. The molecule has 0 bridgehead atoms. The van der Waals surface area contributed by atoms with Gasteiger partial charge in [-0.2, -0.15) is 0 Å². The van der Waals surface area contributed by atoms with Gasteiger partial charge in [-0.15, -0.1) is 0 Å². The molecule has 3 nitrogen and oxygen atoms in total. The maximum absolute atomic E-state index is 11.6. The maximum atomic E-state index is 11.6. The minimum absolute atomic E-state index is 0.0492. The molecule has 0 aliphatic rings. The average molecular weight is 268 g/mol. The Morgan fingerprint density at radius 1 is 1.56 bits per heavy atom. The monoisotopic (exact) mass is 267 g/mol. The highest BCUT2D eigenvalue weighted by Crippen LogP contribution is 2.17. The zero-order valence-electron chi connectivity index (χ0n) is 10.6. The molecule has 0 aliphatic heterocycles. The molecule has 0 radical (unpaired) electrons. The van der Waals surface area contributed by atoms with Crippen molar-refractivity contribution in [2.75, 3.05) is 6.61 Å². The summed E-state index contributed by atoms with van der Waals surface area (Å²) >= 11 is 5.99. The van der Waals surface area contributed by atoms with Crippen molar-refractivity contribution in [2.45, 2.75) is 26.3 Å². The lowest BCUT2D eigenvalue weighted by molar-refractivity contribution is -0.117. The molecular formula is C14H18ClNO2. The molecule has 0 unspecified atom stereocenters.